The fraction of sp³-hybridized carbons (Fsp3) is 0.615. The van der Waals surface area contributed by atoms with E-state index in [1.165, 1.54) is 24.8 Å². The first-order valence-corrected chi connectivity index (χ1v) is 7.26. The Kier molecular flexibility index (Phi) is 4.24. The van der Waals surface area contributed by atoms with Crippen molar-refractivity contribution in [3.8, 4) is 0 Å². The predicted molar refractivity (Wildman–Crippen MR) is 70.8 cm³/mol. The van der Waals surface area contributed by atoms with E-state index in [2.05, 4.69) is 28.7 Å². The predicted octanol–water partition coefficient (Wildman–Crippen LogP) is 2.76. The van der Waals surface area contributed by atoms with Crippen LogP contribution in [0.1, 0.15) is 30.5 Å². The minimum atomic E-state index is 0.691. The van der Waals surface area contributed by atoms with Crippen LogP contribution in [0.4, 0.5) is 0 Å². The number of rotatable bonds is 4. The minimum Gasteiger partial charge on any atom is -0.309 e. The van der Waals surface area contributed by atoms with Gasteiger partial charge in [-0.1, -0.05) is 12.5 Å². The highest BCUT2D eigenvalue weighted by Gasteiger charge is 2.25. The maximum absolute atomic E-state index is 4.32. The second kappa shape index (κ2) is 5.69. The highest BCUT2D eigenvalue weighted by molar-refractivity contribution is 7.99. The third-order valence-electron chi connectivity index (χ3n) is 3.30. The summed E-state index contributed by atoms with van der Waals surface area (Å²) >= 11 is 2.00. The molecule has 3 heteroatoms. The van der Waals surface area contributed by atoms with Crippen molar-refractivity contribution >= 4 is 11.8 Å². The number of thioether (sulfide) groups is 1. The topological polar surface area (TPSA) is 24.9 Å². The van der Waals surface area contributed by atoms with Crippen LogP contribution < -0.4 is 5.32 Å². The van der Waals surface area contributed by atoms with E-state index < -0.39 is 0 Å². The molecular weight excluding hydrogens is 216 g/mol. The normalized spacial score (nSPS) is 24.9. The Labute approximate surface area is 102 Å². The molecule has 16 heavy (non-hydrogen) atoms. The molecule has 0 aromatic carbocycles. The summed E-state index contributed by atoms with van der Waals surface area (Å²) < 4.78 is 0. The van der Waals surface area contributed by atoms with Crippen molar-refractivity contribution in [3.63, 3.8) is 0 Å². The van der Waals surface area contributed by atoms with Gasteiger partial charge < -0.3 is 5.32 Å². The van der Waals surface area contributed by atoms with Crippen LogP contribution in [0, 0.1) is 6.92 Å². The zero-order valence-electron chi connectivity index (χ0n) is 10.1. The molecule has 0 radical (unpaired) electrons. The standard InChI is InChI=1S/C13H20N2S/c1-10-6-7-11(8-14-10)9-15-12-4-3-5-13(12)16-2/h6-8,12-13,15H,3-5,9H2,1-2H3. The molecule has 1 aromatic rings. The van der Waals surface area contributed by atoms with Crippen molar-refractivity contribution in [1.29, 1.82) is 0 Å². The van der Waals surface area contributed by atoms with E-state index in [1.54, 1.807) is 0 Å². The Morgan fingerprint density at radius 2 is 2.31 bits per heavy atom. The van der Waals surface area contributed by atoms with E-state index in [-0.39, 0.29) is 0 Å². The zero-order valence-corrected chi connectivity index (χ0v) is 10.9. The molecule has 2 rings (SSSR count). The smallest absolute Gasteiger partial charge is 0.0372 e. The molecule has 1 aromatic heterocycles. The van der Waals surface area contributed by atoms with Crippen molar-refractivity contribution in [2.45, 2.75) is 44.0 Å². The first-order valence-electron chi connectivity index (χ1n) is 5.97. The maximum Gasteiger partial charge on any atom is 0.0372 e. The second-order valence-corrected chi connectivity index (χ2v) is 5.58. The van der Waals surface area contributed by atoms with Crippen LogP contribution in [0.25, 0.3) is 0 Å². The van der Waals surface area contributed by atoms with Gasteiger partial charge in [-0.2, -0.15) is 11.8 Å². The molecule has 1 aliphatic carbocycles. The Hall–Kier alpha value is -0.540. The summed E-state index contributed by atoms with van der Waals surface area (Å²) in [5.74, 6) is 0. The molecule has 1 heterocycles. The Morgan fingerprint density at radius 1 is 1.44 bits per heavy atom. The second-order valence-electron chi connectivity index (χ2n) is 4.50. The SMILES string of the molecule is CSC1CCCC1NCc1ccc(C)nc1. The van der Waals surface area contributed by atoms with E-state index in [4.69, 9.17) is 0 Å². The van der Waals surface area contributed by atoms with Gasteiger partial charge in [0.15, 0.2) is 0 Å². The molecule has 1 N–H and O–H groups in total. The zero-order chi connectivity index (χ0) is 11.4. The molecule has 0 saturated heterocycles. The number of aromatic nitrogens is 1. The highest BCUT2D eigenvalue weighted by atomic mass is 32.2. The van der Waals surface area contributed by atoms with Gasteiger partial charge in [-0.3, -0.25) is 4.98 Å². The van der Waals surface area contributed by atoms with Gasteiger partial charge in [0.05, 0.1) is 0 Å². The number of nitrogens with one attached hydrogen (secondary N) is 1. The molecular formula is C13H20N2S. The van der Waals surface area contributed by atoms with Crippen LogP contribution in [0.5, 0.6) is 0 Å². The first kappa shape index (κ1) is 11.9. The molecule has 0 bridgehead atoms. The highest BCUT2D eigenvalue weighted by Crippen LogP contribution is 2.28. The molecule has 2 atom stereocenters. The lowest BCUT2D eigenvalue weighted by atomic mass is 10.2. The van der Waals surface area contributed by atoms with Gasteiger partial charge in [-0.25, -0.2) is 0 Å². The lowest BCUT2D eigenvalue weighted by Gasteiger charge is -2.19. The lowest BCUT2D eigenvalue weighted by Crippen LogP contribution is -2.33. The molecule has 88 valence electrons. The van der Waals surface area contributed by atoms with Crippen LogP contribution in [0.3, 0.4) is 0 Å². The van der Waals surface area contributed by atoms with Gasteiger partial charge in [0.25, 0.3) is 0 Å². The summed E-state index contributed by atoms with van der Waals surface area (Å²) in [6, 6.07) is 4.94. The van der Waals surface area contributed by atoms with Crippen LogP contribution in [0.15, 0.2) is 18.3 Å². The lowest BCUT2D eigenvalue weighted by molar-refractivity contribution is 0.532. The Balaban J connectivity index is 1.85. The first-order chi connectivity index (χ1) is 7.79. The largest absolute Gasteiger partial charge is 0.309 e. The maximum atomic E-state index is 4.32. The fourth-order valence-corrected chi connectivity index (χ4v) is 3.26. The summed E-state index contributed by atoms with van der Waals surface area (Å²) in [7, 11) is 0. The summed E-state index contributed by atoms with van der Waals surface area (Å²) in [4.78, 5) is 4.32. The number of pyridine rings is 1. The number of aryl methyl sites for hydroxylation is 1. The van der Waals surface area contributed by atoms with Gasteiger partial charge in [-0.15, -0.1) is 0 Å². The van der Waals surface area contributed by atoms with Crippen molar-refractivity contribution in [1.82, 2.24) is 10.3 Å². The number of nitrogens with zero attached hydrogens (tertiary/aromatic N) is 1. The van der Waals surface area contributed by atoms with E-state index in [0.717, 1.165) is 17.5 Å². The number of hydrogen-bond acceptors (Lipinski definition) is 3. The molecule has 0 aliphatic heterocycles. The monoisotopic (exact) mass is 236 g/mol. The summed E-state index contributed by atoms with van der Waals surface area (Å²) in [5.41, 5.74) is 2.38. The van der Waals surface area contributed by atoms with E-state index in [0.29, 0.717) is 6.04 Å². The summed E-state index contributed by atoms with van der Waals surface area (Å²) in [5, 5.41) is 4.46. The van der Waals surface area contributed by atoms with Gasteiger partial charge in [0, 0.05) is 29.7 Å². The Bertz CT molecular complexity index is 323. The van der Waals surface area contributed by atoms with Crippen LogP contribution in [-0.2, 0) is 6.54 Å². The molecule has 1 fully saturated rings. The summed E-state index contributed by atoms with van der Waals surface area (Å²) in [6.07, 6.45) is 8.26. The molecule has 2 nitrogen and oxygen atoms in total. The third-order valence-corrected chi connectivity index (χ3v) is 4.47. The minimum absolute atomic E-state index is 0.691. The van der Waals surface area contributed by atoms with Crippen LogP contribution >= 0.6 is 11.8 Å². The van der Waals surface area contributed by atoms with Gasteiger partial charge in [-0.05, 0) is 37.7 Å². The van der Waals surface area contributed by atoms with E-state index in [9.17, 15) is 0 Å². The van der Waals surface area contributed by atoms with E-state index in [1.807, 2.05) is 24.9 Å². The average Bonchev–Trinajstić information content (AvgIpc) is 2.76. The summed E-state index contributed by atoms with van der Waals surface area (Å²) in [6.45, 7) is 2.98. The number of hydrogen-bond donors (Lipinski definition) is 1. The quantitative estimate of drug-likeness (QED) is 0.870. The van der Waals surface area contributed by atoms with Crippen molar-refractivity contribution < 1.29 is 0 Å². The van der Waals surface area contributed by atoms with Gasteiger partial charge in [0.1, 0.15) is 0 Å². The molecule has 2 unspecified atom stereocenters. The van der Waals surface area contributed by atoms with Gasteiger partial charge in [0.2, 0.25) is 0 Å². The van der Waals surface area contributed by atoms with Crippen LogP contribution in [0.2, 0.25) is 0 Å². The third kappa shape index (κ3) is 2.98. The van der Waals surface area contributed by atoms with Crippen molar-refractivity contribution in [2.75, 3.05) is 6.26 Å². The average molecular weight is 236 g/mol. The fourth-order valence-electron chi connectivity index (χ4n) is 2.29. The van der Waals surface area contributed by atoms with Gasteiger partial charge >= 0.3 is 0 Å². The van der Waals surface area contributed by atoms with Crippen molar-refractivity contribution in [2.24, 2.45) is 0 Å². The molecule has 0 amide bonds. The molecule has 1 saturated carbocycles. The molecule has 1 aliphatic rings. The van der Waals surface area contributed by atoms with Crippen LogP contribution in [-0.4, -0.2) is 22.5 Å². The van der Waals surface area contributed by atoms with Crippen molar-refractivity contribution in [3.05, 3.63) is 29.6 Å². The Morgan fingerprint density at radius 3 is 3.00 bits per heavy atom. The molecule has 0 spiro atoms. The van der Waals surface area contributed by atoms with E-state index >= 15 is 0 Å².